The standard InChI is InChI=1S/C16H15NO4/c18-15(19)10-17(11-16(20)21)14-8-6-13(7-9-14)12-4-2-1-3-5-12/h1-9H,10-11H2,(H,18,19)(H,20,21). The summed E-state index contributed by atoms with van der Waals surface area (Å²) in [6.07, 6.45) is 0. The number of carboxylic acid groups (broad SMARTS) is 2. The zero-order chi connectivity index (χ0) is 15.2. The van der Waals surface area contributed by atoms with Gasteiger partial charge in [0, 0.05) is 5.69 Å². The van der Waals surface area contributed by atoms with E-state index in [0.29, 0.717) is 5.69 Å². The summed E-state index contributed by atoms with van der Waals surface area (Å²) in [5.74, 6) is -2.13. The molecule has 0 aliphatic carbocycles. The van der Waals surface area contributed by atoms with E-state index in [0.717, 1.165) is 11.1 Å². The summed E-state index contributed by atoms with van der Waals surface area (Å²) in [6, 6.07) is 16.9. The fraction of sp³-hybridized carbons (Fsp3) is 0.125. The van der Waals surface area contributed by atoms with Gasteiger partial charge in [0.05, 0.1) is 0 Å². The number of carboxylic acids is 2. The molecule has 0 unspecified atom stereocenters. The quantitative estimate of drug-likeness (QED) is 0.851. The van der Waals surface area contributed by atoms with Crippen molar-refractivity contribution < 1.29 is 19.8 Å². The van der Waals surface area contributed by atoms with Gasteiger partial charge in [0.15, 0.2) is 0 Å². The lowest BCUT2D eigenvalue weighted by atomic mass is 10.1. The van der Waals surface area contributed by atoms with Crippen LogP contribution in [-0.4, -0.2) is 35.2 Å². The van der Waals surface area contributed by atoms with Crippen LogP contribution in [0.2, 0.25) is 0 Å². The van der Waals surface area contributed by atoms with Crippen molar-refractivity contribution in [3.05, 3.63) is 54.6 Å². The number of aliphatic carboxylic acids is 2. The molecule has 0 heterocycles. The van der Waals surface area contributed by atoms with Crippen molar-refractivity contribution in [3.63, 3.8) is 0 Å². The molecule has 0 aliphatic heterocycles. The third-order valence-corrected chi connectivity index (χ3v) is 2.99. The predicted octanol–water partition coefficient (Wildman–Crippen LogP) is 2.33. The van der Waals surface area contributed by atoms with Crippen LogP contribution in [0, 0.1) is 0 Å². The Morgan fingerprint density at radius 3 is 1.71 bits per heavy atom. The Morgan fingerprint density at radius 2 is 1.24 bits per heavy atom. The van der Waals surface area contributed by atoms with Crippen molar-refractivity contribution in [2.45, 2.75) is 0 Å². The maximum atomic E-state index is 10.8. The van der Waals surface area contributed by atoms with Crippen LogP contribution in [0.25, 0.3) is 11.1 Å². The number of carbonyl (C=O) groups is 2. The van der Waals surface area contributed by atoms with E-state index in [1.54, 1.807) is 12.1 Å². The highest BCUT2D eigenvalue weighted by Crippen LogP contribution is 2.22. The van der Waals surface area contributed by atoms with Crippen LogP contribution < -0.4 is 4.90 Å². The van der Waals surface area contributed by atoms with Gasteiger partial charge in [-0.1, -0.05) is 42.5 Å². The van der Waals surface area contributed by atoms with Crippen LogP contribution >= 0.6 is 0 Å². The molecule has 0 saturated heterocycles. The van der Waals surface area contributed by atoms with Crippen LogP contribution in [0.4, 0.5) is 5.69 Å². The molecule has 0 aliphatic rings. The zero-order valence-electron chi connectivity index (χ0n) is 11.3. The minimum atomic E-state index is -1.07. The highest BCUT2D eigenvalue weighted by molar-refractivity contribution is 5.80. The van der Waals surface area contributed by atoms with Crippen LogP contribution in [0.3, 0.4) is 0 Å². The molecule has 21 heavy (non-hydrogen) atoms. The van der Waals surface area contributed by atoms with Crippen LogP contribution in [0.15, 0.2) is 54.6 Å². The van der Waals surface area contributed by atoms with Crippen molar-refractivity contribution in [2.75, 3.05) is 18.0 Å². The van der Waals surface area contributed by atoms with Gasteiger partial charge in [0.2, 0.25) is 0 Å². The van der Waals surface area contributed by atoms with Crippen LogP contribution in [0.1, 0.15) is 0 Å². The summed E-state index contributed by atoms with van der Waals surface area (Å²) in [4.78, 5) is 22.9. The normalized spacial score (nSPS) is 10.1. The maximum Gasteiger partial charge on any atom is 0.323 e. The Hall–Kier alpha value is -2.82. The van der Waals surface area contributed by atoms with Crippen molar-refractivity contribution >= 4 is 17.6 Å². The molecule has 0 saturated carbocycles. The lowest BCUT2D eigenvalue weighted by molar-refractivity contribution is -0.136. The van der Waals surface area contributed by atoms with Gasteiger partial charge in [0.1, 0.15) is 13.1 Å². The third-order valence-electron chi connectivity index (χ3n) is 2.99. The first-order chi connectivity index (χ1) is 10.1. The van der Waals surface area contributed by atoms with E-state index in [1.807, 2.05) is 42.5 Å². The summed E-state index contributed by atoms with van der Waals surface area (Å²) < 4.78 is 0. The second kappa shape index (κ2) is 6.56. The van der Waals surface area contributed by atoms with Gasteiger partial charge in [-0.15, -0.1) is 0 Å². The van der Waals surface area contributed by atoms with E-state index in [1.165, 1.54) is 4.90 Å². The van der Waals surface area contributed by atoms with E-state index in [2.05, 4.69) is 0 Å². The molecule has 108 valence electrons. The minimum Gasteiger partial charge on any atom is -0.480 e. The number of hydrogen-bond acceptors (Lipinski definition) is 3. The summed E-state index contributed by atoms with van der Waals surface area (Å²) >= 11 is 0. The van der Waals surface area contributed by atoms with E-state index in [-0.39, 0.29) is 13.1 Å². The number of hydrogen-bond donors (Lipinski definition) is 2. The van der Waals surface area contributed by atoms with Crippen molar-refractivity contribution in [3.8, 4) is 11.1 Å². The van der Waals surface area contributed by atoms with E-state index < -0.39 is 11.9 Å². The van der Waals surface area contributed by atoms with Crippen LogP contribution in [0.5, 0.6) is 0 Å². The molecule has 0 bridgehead atoms. The first kappa shape index (κ1) is 14.6. The molecule has 5 nitrogen and oxygen atoms in total. The number of benzene rings is 2. The summed E-state index contributed by atoms with van der Waals surface area (Å²) in [6.45, 7) is -0.700. The highest BCUT2D eigenvalue weighted by Gasteiger charge is 2.14. The van der Waals surface area contributed by atoms with E-state index in [4.69, 9.17) is 10.2 Å². The number of rotatable bonds is 6. The van der Waals surface area contributed by atoms with Crippen molar-refractivity contribution in [1.82, 2.24) is 0 Å². The molecular weight excluding hydrogens is 270 g/mol. The topological polar surface area (TPSA) is 77.8 Å². The number of nitrogens with zero attached hydrogens (tertiary/aromatic N) is 1. The monoisotopic (exact) mass is 285 g/mol. The lowest BCUT2D eigenvalue weighted by Gasteiger charge is -2.20. The van der Waals surface area contributed by atoms with E-state index >= 15 is 0 Å². The summed E-state index contributed by atoms with van der Waals surface area (Å²) in [5.41, 5.74) is 2.61. The summed E-state index contributed by atoms with van der Waals surface area (Å²) in [5, 5.41) is 17.7. The van der Waals surface area contributed by atoms with Gasteiger partial charge in [-0.05, 0) is 23.3 Å². The Kier molecular flexibility index (Phi) is 4.56. The molecule has 0 fully saturated rings. The summed E-state index contributed by atoms with van der Waals surface area (Å²) in [7, 11) is 0. The molecule has 0 radical (unpaired) electrons. The first-order valence-electron chi connectivity index (χ1n) is 6.40. The number of anilines is 1. The van der Waals surface area contributed by atoms with Gasteiger partial charge in [-0.3, -0.25) is 9.59 Å². The van der Waals surface area contributed by atoms with Gasteiger partial charge >= 0.3 is 11.9 Å². The molecule has 0 amide bonds. The maximum absolute atomic E-state index is 10.8. The van der Waals surface area contributed by atoms with Gasteiger partial charge in [-0.25, -0.2) is 0 Å². The molecule has 0 aromatic heterocycles. The smallest absolute Gasteiger partial charge is 0.323 e. The van der Waals surface area contributed by atoms with Crippen molar-refractivity contribution in [1.29, 1.82) is 0 Å². The SMILES string of the molecule is O=C(O)CN(CC(=O)O)c1ccc(-c2ccccc2)cc1. The Morgan fingerprint density at radius 1 is 0.762 bits per heavy atom. The highest BCUT2D eigenvalue weighted by atomic mass is 16.4. The fourth-order valence-corrected chi connectivity index (χ4v) is 2.06. The lowest BCUT2D eigenvalue weighted by Crippen LogP contribution is -2.34. The average Bonchev–Trinajstić information content (AvgIpc) is 2.47. The van der Waals surface area contributed by atoms with Crippen LogP contribution in [-0.2, 0) is 9.59 Å². The molecular formula is C16H15NO4. The molecule has 2 aromatic carbocycles. The predicted molar refractivity (Wildman–Crippen MR) is 79.4 cm³/mol. The molecule has 2 aromatic rings. The second-order valence-corrected chi connectivity index (χ2v) is 4.56. The minimum absolute atomic E-state index is 0.350. The molecule has 5 heteroatoms. The first-order valence-corrected chi connectivity index (χ1v) is 6.40. The Balaban J connectivity index is 2.22. The Bertz CT molecular complexity index is 606. The third kappa shape index (κ3) is 4.07. The Labute approximate surface area is 122 Å². The van der Waals surface area contributed by atoms with Gasteiger partial charge in [0.25, 0.3) is 0 Å². The molecule has 0 spiro atoms. The zero-order valence-corrected chi connectivity index (χ0v) is 11.3. The van der Waals surface area contributed by atoms with Crippen molar-refractivity contribution in [2.24, 2.45) is 0 Å². The van der Waals surface area contributed by atoms with E-state index in [9.17, 15) is 9.59 Å². The molecule has 2 rings (SSSR count). The average molecular weight is 285 g/mol. The largest absolute Gasteiger partial charge is 0.480 e. The van der Waals surface area contributed by atoms with Gasteiger partial charge in [-0.2, -0.15) is 0 Å². The molecule has 0 atom stereocenters. The second-order valence-electron chi connectivity index (χ2n) is 4.56. The molecule has 2 N–H and O–H groups in total. The van der Waals surface area contributed by atoms with Gasteiger partial charge < -0.3 is 15.1 Å². The fourth-order valence-electron chi connectivity index (χ4n) is 2.06.